The quantitative estimate of drug-likeness (QED) is 0.885. The lowest BCUT2D eigenvalue weighted by Gasteiger charge is -2.29. The van der Waals surface area contributed by atoms with Crippen molar-refractivity contribution in [3.8, 4) is 0 Å². The first-order chi connectivity index (χ1) is 8.50. The summed E-state index contributed by atoms with van der Waals surface area (Å²) in [5.41, 5.74) is 4.08. The lowest BCUT2D eigenvalue weighted by Crippen LogP contribution is -2.36. The molecule has 3 nitrogen and oxygen atoms in total. The number of pyridine rings is 1. The topological polar surface area (TPSA) is 28.2 Å². The fourth-order valence-electron chi connectivity index (χ4n) is 2.35. The molecule has 0 saturated heterocycles. The van der Waals surface area contributed by atoms with Crippen molar-refractivity contribution in [2.24, 2.45) is 0 Å². The van der Waals surface area contributed by atoms with E-state index in [9.17, 15) is 0 Å². The summed E-state index contributed by atoms with van der Waals surface area (Å²) in [6, 6.07) is 4.47. The fourth-order valence-corrected chi connectivity index (χ4v) is 2.35. The molecule has 2 heterocycles. The summed E-state index contributed by atoms with van der Waals surface area (Å²) in [7, 11) is 2.01. The lowest BCUT2D eigenvalue weighted by molar-refractivity contribution is 0.253. The van der Waals surface area contributed by atoms with Crippen LogP contribution in [0.3, 0.4) is 0 Å². The summed E-state index contributed by atoms with van der Waals surface area (Å²) >= 11 is 0. The standard InChI is InChI=1S/C15H25N3/c1-15(2,3)14-6-5-12-11-18(10-8-16-4)9-7-13(12)17-14/h5-6,16H,7-11H2,1-4H3. The molecule has 0 saturated carbocycles. The Morgan fingerprint density at radius 1 is 1.33 bits per heavy atom. The van der Waals surface area contributed by atoms with Gasteiger partial charge in [0, 0.05) is 49.4 Å². The van der Waals surface area contributed by atoms with E-state index in [2.05, 4.69) is 43.1 Å². The van der Waals surface area contributed by atoms with E-state index in [0.717, 1.165) is 32.6 Å². The molecule has 1 aliphatic rings. The Labute approximate surface area is 111 Å². The van der Waals surface area contributed by atoms with Gasteiger partial charge in [0.1, 0.15) is 0 Å². The number of rotatable bonds is 3. The number of nitrogens with zero attached hydrogens (tertiary/aromatic N) is 2. The van der Waals surface area contributed by atoms with E-state index in [-0.39, 0.29) is 5.41 Å². The third kappa shape index (κ3) is 3.09. The number of nitrogens with one attached hydrogen (secondary N) is 1. The normalized spacial score (nSPS) is 16.7. The van der Waals surface area contributed by atoms with Gasteiger partial charge in [-0.1, -0.05) is 26.8 Å². The van der Waals surface area contributed by atoms with Gasteiger partial charge < -0.3 is 5.32 Å². The molecule has 1 aliphatic heterocycles. The minimum atomic E-state index is 0.151. The monoisotopic (exact) mass is 247 g/mol. The number of fused-ring (bicyclic) bond motifs is 1. The van der Waals surface area contributed by atoms with Crippen molar-refractivity contribution < 1.29 is 0 Å². The van der Waals surface area contributed by atoms with Gasteiger partial charge in [0.2, 0.25) is 0 Å². The largest absolute Gasteiger partial charge is 0.318 e. The Morgan fingerprint density at radius 2 is 2.11 bits per heavy atom. The highest BCUT2D eigenvalue weighted by Gasteiger charge is 2.21. The van der Waals surface area contributed by atoms with Crippen LogP contribution in [0.1, 0.15) is 37.7 Å². The molecule has 100 valence electrons. The van der Waals surface area contributed by atoms with Crippen LogP contribution in [-0.2, 0) is 18.4 Å². The lowest BCUT2D eigenvalue weighted by atomic mass is 9.90. The smallest absolute Gasteiger partial charge is 0.0464 e. The molecule has 3 heteroatoms. The Bertz CT molecular complexity index is 407. The summed E-state index contributed by atoms with van der Waals surface area (Å²) in [6.07, 6.45) is 1.09. The SMILES string of the molecule is CNCCN1CCc2nc(C(C)(C)C)ccc2C1. The van der Waals surface area contributed by atoms with Gasteiger partial charge in [-0.05, 0) is 18.7 Å². The summed E-state index contributed by atoms with van der Waals surface area (Å²) < 4.78 is 0. The first-order valence-electron chi connectivity index (χ1n) is 6.87. The Kier molecular flexibility index (Phi) is 4.03. The van der Waals surface area contributed by atoms with Crippen LogP contribution in [0, 0.1) is 0 Å². The maximum absolute atomic E-state index is 4.86. The van der Waals surface area contributed by atoms with Crippen molar-refractivity contribution in [3.63, 3.8) is 0 Å². The van der Waals surface area contributed by atoms with Gasteiger partial charge in [-0.3, -0.25) is 9.88 Å². The predicted octanol–water partition coefficient (Wildman–Crippen LogP) is 1.96. The molecule has 2 rings (SSSR count). The molecule has 0 radical (unpaired) electrons. The number of likely N-dealkylation sites (N-methyl/N-ethyl adjacent to an activating group) is 1. The summed E-state index contributed by atoms with van der Waals surface area (Å²) in [6.45, 7) is 11.0. The minimum Gasteiger partial charge on any atom is -0.318 e. The van der Waals surface area contributed by atoms with Crippen LogP contribution in [0.15, 0.2) is 12.1 Å². The molecule has 0 aliphatic carbocycles. The second kappa shape index (κ2) is 5.37. The molecule has 0 atom stereocenters. The molecule has 18 heavy (non-hydrogen) atoms. The molecule has 0 aromatic carbocycles. The number of hydrogen-bond acceptors (Lipinski definition) is 3. The van der Waals surface area contributed by atoms with Crippen LogP contribution >= 0.6 is 0 Å². The van der Waals surface area contributed by atoms with Crippen molar-refractivity contribution in [2.75, 3.05) is 26.7 Å². The molecule has 1 aromatic rings. The second-order valence-electron chi connectivity index (χ2n) is 6.18. The number of aromatic nitrogens is 1. The molecular formula is C15H25N3. The highest BCUT2D eigenvalue weighted by atomic mass is 15.1. The van der Waals surface area contributed by atoms with Crippen molar-refractivity contribution in [2.45, 2.75) is 39.2 Å². The molecule has 0 amide bonds. The first kappa shape index (κ1) is 13.5. The van der Waals surface area contributed by atoms with Crippen molar-refractivity contribution in [1.82, 2.24) is 15.2 Å². The van der Waals surface area contributed by atoms with Crippen LogP contribution in [0.2, 0.25) is 0 Å². The van der Waals surface area contributed by atoms with Crippen LogP contribution in [-0.4, -0.2) is 36.6 Å². The van der Waals surface area contributed by atoms with E-state index >= 15 is 0 Å². The average molecular weight is 247 g/mol. The Morgan fingerprint density at radius 3 is 2.78 bits per heavy atom. The molecule has 0 fully saturated rings. The summed E-state index contributed by atoms with van der Waals surface area (Å²) in [4.78, 5) is 7.35. The maximum Gasteiger partial charge on any atom is 0.0464 e. The zero-order valence-corrected chi connectivity index (χ0v) is 12.1. The van der Waals surface area contributed by atoms with E-state index < -0.39 is 0 Å². The van der Waals surface area contributed by atoms with Crippen molar-refractivity contribution in [1.29, 1.82) is 0 Å². The van der Waals surface area contributed by atoms with Gasteiger partial charge >= 0.3 is 0 Å². The van der Waals surface area contributed by atoms with E-state index in [1.165, 1.54) is 17.0 Å². The maximum atomic E-state index is 4.86. The highest BCUT2D eigenvalue weighted by molar-refractivity contribution is 5.28. The zero-order valence-electron chi connectivity index (χ0n) is 12.1. The molecule has 0 spiro atoms. The van der Waals surface area contributed by atoms with E-state index in [1.54, 1.807) is 0 Å². The van der Waals surface area contributed by atoms with Gasteiger partial charge in [-0.25, -0.2) is 0 Å². The Hall–Kier alpha value is -0.930. The third-order valence-corrected chi connectivity index (χ3v) is 3.57. The molecule has 0 unspecified atom stereocenters. The van der Waals surface area contributed by atoms with E-state index in [1.807, 2.05) is 7.05 Å². The second-order valence-corrected chi connectivity index (χ2v) is 6.18. The van der Waals surface area contributed by atoms with Crippen molar-refractivity contribution >= 4 is 0 Å². The molecule has 0 bridgehead atoms. The predicted molar refractivity (Wildman–Crippen MR) is 75.8 cm³/mol. The zero-order chi connectivity index (χ0) is 13.2. The average Bonchev–Trinajstić information content (AvgIpc) is 2.34. The molecule has 1 aromatic heterocycles. The van der Waals surface area contributed by atoms with Gasteiger partial charge in [0.25, 0.3) is 0 Å². The molecular weight excluding hydrogens is 222 g/mol. The summed E-state index contributed by atoms with van der Waals surface area (Å²) in [5, 5.41) is 3.21. The van der Waals surface area contributed by atoms with E-state index in [4.69, 9.17) is 4.98 Å². The van der Waals surface area contributed by atoms with E-state index in [0.29, 0.717) is 0 Å². The van der Waals surface area contributed by atoms with Crippen LogP contribution in [0.5, 0.6) is 0 Å². The first-order valence-corrected chi connectivity index (χ1v) is 6.87. The number of hydrogen-bond donors (Lipinski definition) is 1. The highest BCUT2D eigenvalue weighted by Crippen LogP contribution is 2.24. The fraction of sp³-hybridized carbons (Fsp3) is 0.667. The minimum absolute atomic E-state index is 0.151. The van der Waals surface area contributed by atoms with Crippen LogP contribution in [0.4, 0.5) is 0 Å². The van der Waals surface area contributed by atoms with Crippen molar-refractivity contribution in [3.05, 3.63) is 29.1 Å². The van der Waals surface area contributed by atoms with Crippen LogP contribution in [0.25, 0.3) is 0 Å². The van der Waals surface area contributed by atoms with Crippen LogP contribution < -0.4 is 5.32 Å². The van der Waals surface area contributed by atoms with Gasteiger partial charge in [-0.2, -0.15) is 0 Å². The van der Waals surface area contributed by atoms with Gasteiger partial charge in [-0.15, -0.1) is 0 Å². The third-order valence-electron chi connectivity index (χ3n) is 3.57. The molecule has 1 N–H and O–H groups in total. The Balaban J connectivity index is 2.11. The van der Waals surface area contributed by atoms with Gasteiger partial charge in [0.05, 0.1) is 0 Å². The van der Waals surface area contributed by atoms with Gasteiger partial charge in [0.15, 0.2) is 0 Å². The summed E-state index contributed by atoms with van der Waals surface area (Å²) in [5.74, 6) is 0.